The van der Waals surface area contributed by atoms with Crippen LogP contribution in [0.5, 0.6) is 0 Å². The molecule has 0 amide bonds. The Morgan fingerprint density at radius 2 is 1.73 bits per heavy atom. The van der Waals surface area contributed by atoms with E-state index in [0.29, 0.717) is 5.56 Å². The molecule has 0 fully saturated rings. The number of allylic oxidation sites excluding steroid dienone is 1. The average Bonchev–Trinajstić information content (AvgIpc) is 2.45. The highest BCUT2D eigenvalue weighted by atomic mass is 16.7. The van der Waals surface area contributed by atoms with Gasteiger partial charge in [0.25, 0.3) is 0 Å². The zero-order valence-electron chi connectivity index (χ0n) is 13.6. The van der Waals surface area contributed by atoms with Gasteiger partial charge < -0.3 is 14.2 Å². The van der Waals surface area contributed by atoms with Gasteiger partial charge in [0.1, 0.15) is 5.60 Å². The van der Waals surface area contributed by atoms with Gasteiger partial charge in [0.05, 0.1) is 12.7 Å². The summed E-state index contributed by atoms with van der Waals surface area (Å²) in [6, 6.07) is 8.96. The van der Waals surface area contributed by atoms with E-state index in [-0.39, 0.29) is 5.57 Å². The van der Waals surface area contributed by atoms with Crippen molar-refractivity contribution in [2.24, 2.45) is 0 Å². The van der Waals surface area contributed by atoms with Crippen molar-refractivity contribution in [1.29, 1.82) is 0 Å². The van der Waals surface area contributed by atoms with Crippen LogP contribution in [0.1, 0.15) is 39.4 Å². The lowest BCUT2D eigenvalue weighted by molar-refractivity contribution is -0.137. The fourth-order valence-corrected chi connectivity index (χ4v) is 1.80. The molecule has 0 aliphatic rings. The third kappa shape index (κ3) is 5.24. The van der Waals surface area contributed by atoms with Gasteiger partial charge in [-0.15, -0.1) is 0 Å². The molecule has 5 heteroatoms. The van der Waals surface area contributed by atoms with Gasteiger partial charge in [-0.25, -0.2) is 9.59 Å². The molecule has 0 saturated carbocycles. The smallest absolute Gasteiger partial charge is 0.466 e. The Kier molecular flexibility index (Phi) is 6.16. The van der Waals surface area contributed by atoms with Gasteiger partial charge >= 0.3 is 12.1 Å². The lowest BCUT2D eigenvalue weighted by Gasteiger charge is -2.23. The van der Waals surface area contributed by atoms with E-state index >= 15 is 0 Å². The van der Waals surface area contributed by atoms with E-state index in [1.807, 2.05) is 6.07 Å². The van der Waals surface area contributed by atoms with E-state index in [0.717, 1.165) is 0 Å². The van der Waals surface area contributed by atoms with Gasteiger partial charge in [-0.05, 0) is 33.3 Å². The normalized spacial score (nSPS) is 13.2. The number of ether oxygens (including phenoxy) is 3. The largest absolute Gasteiger partial charge is 0.509 e. The number of hydrogen-bond donors (Lipinski definition) is 0. The van der Waals surface area contributed by atoms with Crippen molar-refractivity contribution in [1.82, 2.24) is 0 Å². The number of esters is 1. The maximum atomic E-state index is 11.9. The van der Waals surface area contributed by atoms with Crippen LogP contribution in [-0.4, -0.2) is 24.8 Å². The van der Waals surface area contributed by atoms with Crippen LogP contribution in [-0.2, 0) is 19.0 Å². The van der Waals surface area contributed by atoms with Gasteiger partial charge in [0, 0.05) is 0 Å². The standard InChI is InChI=1S/C17H22O5/c1-6-13(15(18)20-5)14(12-10-8-7-9-11-12)21-16(19)22-17(2,3)4/h6-11,14H,1-5H3/b13-6+. The third-order valence-electron chi connectivity index (χ3n) is 2.72. The van der Waals surface area contributed by atoms with Crippen molar-refractivity contribution in [3.63, 3.8) is 0 Å². The van der Waals surface area contributed by atoms with E-state index in [9.17, 15) is 9.59 Å². The molecular formula is C17H22O5. The van der Waals surface area contributed by atoms with Gasteiger partial charge in [0.15, 0.2) is 6.10 Å². The second kappa shape index (κ2) is 7.64. The fraction of sp³-hybridized carbons (Fsp3) is 0.412. The van der Waals surface area contributed by atoms with E-state index < -0.39 is 23.8 Å². The first-order valence-electron chi connectivity index (χ1n) is 6.97. The van der Waals surface area contributed by atoms with Crippen molar-refractivity contribution < 1.29 is 23.8 Å². The van der Waals surface area contributed by atoms with Crippen LogP contribution in [0.3, 0.4) is 0 Å². The highest BCUT2D eigenvalue weighted by Gasteiger charge is 2.29. The Hall–Kier alpha value is -2.30. The minimum Gasteiger partial charge on any atom is -0.466 e. The predicted octanol–water partition coefficient (Wildman–Crippen LogP) is 3.80. The molecule has 1 atom stereocenters. The van der Waals surface area contributed by atoms with Crippen molar-refractivity contribution in [2.45, 2.75) is 39.4 Å². The first kappa shape index (κ1) is 17.8. The summed E-state index contributed by atoms with van der Waals surface area (Å²) in [6.07, 6.45) is -0.161. The van der Waals surface area contributed by atoms with Gasteiger partial charge in [0.2, 0.25) is 0 Å². The molecule has 0 saturated heterocycles. The molecule has 0 spiro atoms. The second-order valence-electron chi connectivity index (χ2n) is 5.61. The first-order valence-corrected chi connectivity index (χ1v) is 6.97. The molecule has 0 bridgehead atoms. The molecule has 1 unspecified atom stereocenters. The summed E-state index contributed by atoms with van der Waals surface area (Å²) in [5.74, 6) is -0.556. The van der Waals surface area contributed by atoms with Crippen molar-refractivity contribution in [3.8, 4) is 0 Å². The Morgan fingerprint density at radius 3 is 2.18 bits per heavy atom. The van der Waals surface area contributed by atoms with Gasteiger partial charge in [-0.3, -0.25) is 0 Å². The number of carbonyl (C=O) groups is 2. The molecule has 5 nitrogen and oxygen atoms in total. The van der Waals surface area contributed by atoms with Crippen LogP contribution in [0.25, 0.3) is 0 Å². The summed E-state index contributed by atoms with van der Waals surface area (Å²) in [6.45, 7) is 6.90. The molecule has 0 aromatic heterocycles. The maximum absolute atomic E-state index is 11.9. The van der Waals surface area contributed by atoms with Crippen LogP contribution in [0.4, 0.5) is 4.79 Å². The molecule has 0 radical (unpaired) electrons. The summed E-state index contributed by atoms with van der Waals surface area (Å²) < 4.78 is 15.3. The summed E-state index contributed by atoms with van der Waals surface area (Å²) in [5.41, 5.74) is 0.214. The van der Waals surface area contributed by atoms with Gasteiger partial charge in [-0.1, -0.05) is 36.4 Å². The first-order chi connectivity index (χ1) is 10.3. The molecule has 0 heterocycles. The van der Waals surface area contributed by atoms with Crippen LogP contribution < -0.4 is 0 Å². The zero-order valence-corrected chi connectivity index (χ0v) is 13.6. The van der Waals surface area contributed by atoms with E-state index in [1.54, 1.807) is 58.0 Å². The number of carbonyl (C=O) groups excluding carboxylic acids is 2. The predicted molar refractivity (Wildman–Crippen MR) is 82.3 cm³/mol. The lowest BCUT2D eigenvalue weighted by Crippen LogP contribution is -2.27. The third-order valence-corrected chi connectivity index (χ3v) is 2.72. The van der Waals surface area contributed by atoms with Gasteiger partial charge in [-0.2, -0.15) is 0 Å². The fourth-order valence-electron chi connectivity index (χ4n) is 1.80. The molecule has 1 rings (SSSR count). The molecule has 1 aromatic carbocycles. The van der Waals surface area contributed by atoms with Crippen LogP contribution >= 0.6 is 0 Å². The summed E-state index contributed by atoms with van der Waals surface area (Å²) in [4.78, 5) is 23.9. The molecule has 0 aliphatic carbocycles. The molecule has 22 heavy (non-hydrogen) atoms. The highest BCUT2D eigenvalue weighted by molar-refractivity contribution is 5.90. The zero-order chi connectivity index (χ0) is 16.8. The maximum Gasteiger partial charge on any atom is 0.509 e. The van der Waals surface area contributed by atoms with Crippen molar-refractivity contribution >= 4 is 12.1 Å². The Bertz CT molecular complexity index is 540. The minimum absolute atomic E-state index is 0.236. The van der Waals surface area contributed by atoms with Crippen LogP contribution in [0.2, 0.25) is 0 Å². The molecule has 0 N–H and O–H groups in total. The molecule has 0 aliphatic heterocycles. The van der Waals surface area contributed by atoms with E-state index in [1.165, 1.54) is 7.11 Å². The van der Waals surface area contributed by atoms with E-state index in [2.05, 4.69) is 0 Å². The monoisotopic (exact) mass is 306 g/mol. The van der Waals surface area contributed by atoms with E-state index in [4.69, 9.17) is 14.2 Å². The summed E-state index contributed by atoms with van der Waals surface area (Å²) in [7, 11) is 1.28. The number of benzene rings is 1. The number of methoxy groups -OCH3 is 1. The second-order valence-corrected chi connectivity index (χ2v) is 5.61. The molecular weight excluding hydrogens is 284 g/mol. The van der Waals surface area contributed by atoms with Crippen LogP contribution in [0.15, 0.2) is 42.0 Å². The SMILES string of the molecule is C/C=C(/C(=O)OC)C(OC(=O)OC(C)(C)C)c1ccccc1. The number of rotatable bonds is 4. The average molecular weight is 306 g/mol. The minimum atomic E-state index is -0.881. The van der Waals surface area contributed by atoms with Crippen molar-refractivity contribution in [2.75, 3.05) is 7.11 Å². The Balaban J connectivity index is 3.08. The Morgan fingerprint density at radius 1 is 1.14 bits per heavy atom. The Labute approximate surface area is 130 Å². The lowest BCUT2D eigenvalue weighted by atomic mass is 10.0. The highest BCUT2D eigenvalue weighted by Crippen LogP contribution is 2.28. The summed E-state index contributed by atoms with van der Waals surface area (Å²) >= 11 is 0. The molecule has 120 valence electrons. The van der Waals surface area contributed by atoms with Crippen LogP contribution in [0, 0.1) is 0 Å². The van der Waals surface area contributed by atoms with Crippen molar-refractivity contribution in [3.05, 3.63) is 47.5 Å². The quantitative estimate of drug-likeness (QED) is 0.625. The summed E-state index contributed by atoms with van der Waals surface area (Å²) in [5, 5.41) is 0. The number of hydrogen-bond acceptors (Lipinski definition) is 5. The molecule has 1 aromatic rings. The topological polar surface area (TPSA) is 61.8 Å².